The Labute approximate surface area is 149 Å². The highest BCUT2D eigenvalue weighted by molar-refractivity contribution is 6.10. The van der Waals surface area contributed by atoms with Gasteiger partial charge < -0.3 is 26.8 Å². The molecule has 1 aromatic carbocycles. The third-order valence-electron chi connectivity index (χ3n) is 4.33. The van der Waals surface area contributed by atoms with Crippen LogP contribution in [0.4, 0.5) is 23.1 Å². The molecule has 0 aliphatic heterocycles. The first kappa shape index (κ1) is 16.1. The molecule has 0 spiro atoms. The summed E-state index contributed by atoms with van der Waals surface area (Å²) in [6.45, 7) is 1.53. The molecule has 0 saturated heterocycles. The number of carbonyl (C=O) groups excluding carboxylic acids is 1. The highest BCUT2D eigenvalue weighted by Crippen LogP contribution is 2.31. The quantitative estimate of drug-likeness (QED) is 0.264. The third-order valence-corrected chi connectivity index (χ3v) is 4.33. The van der Waals surface area contributed by atoms with E-state index in [1.54, 1.807) is 18.3 Å². The lowest BCUT2D eigenvalue weighted by Crippen LogP contribution is -2.08. The van der Waals surface area contributed by atoms with Crippen molar-refractivity contribution in [1.29, 1.82) is 5.41 Å². The van der Waals surface area contributed by atoms with Gasteiger partial charge in [-0.15, -0.1) is 0 Å². The van der Waals surface area contributed by atoms with Crippen LogP contribution in [0.3, 0.4) is 0 Å². The summed E-state index contributed by atoms with van der Waals surface area (Å²) in [6, 6.07) is 5.69. The van der Waals surface area contributed by atoms with Crippen molar-refractivity contribution >= 4 is 46.2 Å². The van der Waals surface area contributed by atoms with Gasteiger partial charge in [-0.2, -0.15) is 9.97 Å². The fourth-order valence-electron chi connectivity index (χ4n) is 2.81. The van der Waals surface area contributed by atoms with Gasteiger partial charge in [0.15, 0.2) is 5.78 Å². The van der Waals surface area contributed by atoms with Crippen LogP contribution in [0.5, 0.6) is 0 Å². The Kier molecular flexibility index (Phi) is 3.80. The summed E-state index contributed by atoms with van der Waals surface area (Å²) in [5.41, 5.74) is 8.98. The highest BCUT2D eigenvalue weighted by atomic mass is 16.1. The Morgan fingerprint density at radius 2 is 2.19 bits per heavy atom. The largest absolute Gasteiger partial charge is 0.398 e. The fraction of sp³-hybridized carbons (Fsp3) is 0.222. The number of Topliss-reactive ketones (excluding diaryl/α,β-unsaturated/α-hetero) is 1. The van der Waals surface area contributed by atoms with E-state index in [2.05, 4.69) is 25.6 Å². The van der Waals surface area contributed by atoms with E-state index < -0.39 is 0 Å². The molecule has 1 fully saturated rings. The van der Waals surface area contributed by atoms with Crippen LogP contribution in [-0.2, 0) is 0 Å². The number of aromatic nitrogens is 3. The van der Waals surface area contributed by atoms with Crippen molar-refractivity contribution in [2.45, 2.75) is 25.8 Å². The molecule has 4 rings (SSSR count). The topological polar surface area (TPSA) is 133 Å². The number of aromatic amines is 1. The highest BCUT2D eigenvalue weighted by Gasteiger charge is 2.25. The number of rotatable bonds is 6. The van der Waals surface area contributed by atoms with E-state index in [9.17, 15) is 4.79 Å². The van der Waals surface area contributed by atoms with Crippen LogP contribution in [0.25, 0.3) is 11.0 Å². The van der Waals surface area contributed by atoms with Crippen LogP contribution in [0.15, 0.2) is 24.4 Å². The molecule has 0 unspecified atom stereocenters. The molecular formula is C18H19N7O. The lowest BCUT2D eigenvalue weighted by molar-refractivity contribution is 0.101. The average Bonchev–Trinajstić information content (AvgIpc) is 3.30. The third kappa shape index (κ3) is 2.97. The number of ketones is 1. The molecule has 1 aliphatic rings. The Hall–Kier alpha value is -3.42. The maximum absolute atomic E-state index is 11.9. The van der Waals surface area contributed by atoms with E-state index in [0.29, 0.717) is 45.7 Å². The van der Waals surface area contributed by atoms with Gasteiger partial charge in [-0.05, 0) is 38.0 Å². The number of H-pyrrole nitrogens is 1. The van der Waals surface area contributed by atoms with Gasteiger partial charge in [0, 0.05) is 41.0 Å². The molecule has 8 heteroatoms. The molecule has 132 valence electrons. The Bertz CT molecular complexity index is 1020. The number of fused-ring (bicyclic) bond motifs is 1. The number of carbonyl (C=O) groups is 1. The number of benzene rings is 1. The van der Waals surface area contributed by atoms with Gasteiger partial charge >= 0.3 is 0 Å². The molecule has 2 heterocycles. The maximum atomic E-state index is 11.9. The maximum Gasteiger partial charge on any atom is 0.231 e. The van der Waals surface area contributed by atoms with Gasteiger partial charge in [-0.1, -0.05) is 0 Å². The first-order chi connectivity index (χ1) is 12.5. The van der Waals surface area contributed by atoms with Gasteiger partial charge in [-0.25, -0.2) is 0 Å². The van der Waals surface area contributed by atoms with E-state index in [1.807, 2.05) is 6.07 Å². The van der Waals surface area contributed by atoms with Crippen molar-refractivity contribution in [3.05, 3.63) is 35.5 Å². The van der Waals surface area contributed by atoms with Gasteiger partial charge in [0.25, 0.3) is 0 Å². The second-order valence-corrected chi connectivity index (χ2v) is 6.41. The minimum absolute atomic E-state index is 0.0330. The number of anilines is 4. The van der Waals surface area contributed by atoms with Crippen LogP contribution in [0.1, 0.15) is 35.7 Å². The number of nitrogens with zero attached hydrogens (tertiary/aromatic N) is 2. The molecule has 6 N–H and O–H groups in total. The first-order valence-electron chi connectivity index (χ1n) is 8.39. The summed E-state index contributed by atoms with van der Waals surface area (Å²) < 4.78 is 0. The lowest BCUT2D eigenvalue weighted by atomic mass is 10.1. The van der Waals surface area contributed by atoms with Gasteiger partial charge in [0.05, 0.1) is 5.39 Å². The predicted molar refractivity (Wildman–Crippen MR) is 103 cm³/mol. The summed E-state index contributed by atoms with van der Waals surface area (Å²) in [6.07, 6.45) is 5.06. The Morgan fingerprint density at radius 3 is 2.85 bits per heavy atom. The van der Waals surface area contributed by atoms with E-state index in [4.69, 9.17) is 11.1 Å². The summed E-state index contributed by atoms with van der Waals surface area (Å²) >= 11 is 0. The molecule has 8 nitrogen and oxygen atoms in total. The molecule has 0 radical (unpaired) electrons. The van der Waals surface area contributed by atoms with Crippen molar-refractivity contribution in [2.24, 2.45) is 0 Å². The normalized spacial score (nSPS) is 13.6. The van der Waals surface area contributed by atoms with Crippen LogP contribution in [0.2, 0.25) is 0 Å². The van der Waals surface area contributed by atoms with Crippen LogP contribution >= 0.6 is 0 Å². The summed E-state index contributed by atoms with van der Waals surface area (Å²) in [5.74, 6) is 1.02. The molecule has 3 aromatic rings. The molecule has 0 amide bonds. The first-order valence-corrected chi connectivity index (χ1v) is 8.39. The lowest BCUT2D eigenvalue weighted by Gasteiger charge is -2.11. The van der Waals surface area contributed by atoms with E-state index >= 15 is 0 Å². The Balaban J connectivity index is 1.74. The van der Waals surface area contributed by atoms with Crippen LogP contribution in [-0.4, -0.2) is 33.0 Å². The molecule has 1 aliphatic carbocycles. The van der Waals surface area contributed by atoms with Gasteiger partial charge in [0.1, 0.15) is 11.5 Å². The molecule has 0 bridgehead atoms. The van der Waals surface area contributed by atoms with Crippen molar-refractivity contribution in [2.75, 3.05) is 16.4 Å². The van der Waals surface area contributed by atoms with Crippen molar-refractivity contribution < 1.29 is 4.79 Å². The number of hydrogen-bond donors (Lipinski definition) is 5. The van der Waals surface area contributed by atoms with Crippen LogP contribution < -0.4 is 16.4 Å². The number of nitrogen functional groups attached to an aromatic ring is 1. The molecule has 2 aromatic heterocycles. The smallest absolute Gasteiger partial charge is 0.231 e. The average molecular weight is 349 g/mol. The molecular weight excluding hydrogens is 330 g/mol. The van der Waals surface area contributed by atoms with Crippen molar-refractivity contribution in [3.63, 3.8) is 0 Å². The van der Waals surface area contributed by atoms with E-state index in [0.717, 1.165) is 18.5 Å². The van der Waals surface area contributed by atoms with E-state index in [-0.39, 0.29) is 5.78 Å². The number of nitrogens with one attached hydrogen (secondary N) is 4. The monoisotopic (exact) mass is 349 g/mol. The van der Waals surface area contributed by atoms with Crippen molar-refractivity contribution in [3.8, 4) is 0 Å². The standard InChI is InChI=1S/C18H19N7O/c1-9(26)13-8-21-16-15(13)17(22-11-4-5-11)25-18(24-16)23-12-3-2-10(7-19)14(20)6-12/h2-3,6-8,11,19H,4-5,20H2,1H3,(H3,21,22,23,24,25). The zero-order valence-corrected chi connectivity index (χ0v) is 14.3. The minimum atomic E-state index is -0.0330. The SMILES string of the molecule is CC(=O)c1c[nH]c2nc(Nc3ccc(C=N)c(N)c3)nc(NC3CC3)c12. The Morgan fingerprint density at radius 1 is 1.38 bits per heavy atom. The molecule has 1 saturated carbocycles. The zero-order chi connectivity index (χ0) is 18.3. The predicted octanol–water partition coefficient (Wildman–Crippen LogP) is 3.06. The van der Waals surface area contributed by atoms with E-state index in [1.165, 1.54) is 13.1 Å². The van der Waals surface area contributed by atoms with Gasteiger partial charge in [-0.3, -0.25) is 4.79 Å². The van der Waals surface area contributed by atoms with Crippen molar-refractivity contribution in [1.82, 2.24) is 15.0 Å². The minimum Gasteiger partial charge on any atom is -0.398 e. The second kappa shape index (κ2) is 6.14. The summed E-state index contributed by atoms with van der Waals surface area (Å²) in [7, 11) is 0. The van der Waals surface area contributed by atoms with Gasteiger partial charge in [0.2, 0.25) is 5.95 Å². The fourth-order valence-corrected chi connectivity index (χ4v) is 2.81. The van der Waals surface area contributed by atoms with Crippen LogP contribution in [0, 0.1) is 5.41 Å². The summed E-state index contributed by atoms with van der Waals surface area (Å²) in [4.78, 5) is 24.0. The molecule has 26 heavy (non-hydrogen) atoms. The number of nitrogens with two attached hydrogens (primary N) is 1. The summed E-state index contributed by atoms with van der Waals surface area (Å²) in [5, 5.41) is 14.5. The zero-order valence-electron chi connectivity index (χ0n) is 14.3. The molecule has 0 atom stereocenters. The number of hydrogen-bond acceptors (Lipinski definition) is 7. The second-order valence-electron chi connectivity index (χ2n) is 6.41.